The van der Waals surface area contributed by atoms with Crippen molar-refractivity contribution in [2.75, 3.05) is 165 Å². The SMILES string of the molecule is CCCCCOCCOCCOCCOCCOCCOCCOCCOCCOCCOCCOCCOCCOC(=O)CCC(=O)C(=O)O. The lowest BCUT2D eigenvalue weighted by molar-refractivity contribution is -0.151. The van der Waals surface area contributed by atoms with Crippen LogP contribution in [0.2, 0.25) is 0 Å². The highest BCUT2D eigenvalue weighted by molar-refractivity contribution is 6.32. The van der Waals surface area contributed by atoms with Crippen LogP contribution >= 0.6 is 0 Å². The van der Waals surface area contributed by atoms with Crippen LogP contribution in [0.5, 0.6) is 0 Å². The summed E-state index contributed by atoms with van der Waals surface area (Å²) in [7, 11) is 0. The van der Waals surface area contributed by atoms with E-state index < -0.39 is 17.7 Å². The Bertz CT molecular complexity index is 758. The number of unbranched alkanes of at least 4 members (excludes halogenated alkanes) is 2. The molecule has 0 aliphatic rings. The van der Waals surface area contributed by atoms with Gasteiger partial charge in [0.2, 0.25) is 5.78 Å². The van der Waals surface area contributed by atoms with Crippen LogP contribution in [0.3, 0.4) is 0 Å². The van der Waals surface area contributed by atoms with E-state index in [-0.39, 0.29) is 26.1 Å². The van der Waals surface area contributed by atoms with Crippen molar-refractivity contribution in [3.05, 3.63) is 0 Å². The van der Waals surface area contributed by atoms with Gasteiger partial charge in [0.05, 0.1) is 158 Å². The third kappa shape index (κ3) is 42.4. The minimum atomic E-state index is -1.56. The van der Waals surface area contributed by atoms with Gasteiger partial charge in [-0.05, 0) is 6.42 Å². The number of aliphatic carboxylic acids is 1. The van der Waals surface area contributed by atoms with E-state index in [4.69, 9.17) is 66.7 Å². The first kappa shape index (κ1) is 49.1. The zero-order valence-electron chi connectivity index (χ0n) is 30.7. The van der Waals surface area contributed by atoms with Gasteiger partial charge in [0.15, 0.2) is 0 Å². The number of carbonyl (C=O) groups is 3. The second-order valence-electron chi connectivity index (χ2n) is 10.5. The predicted octanol–water partition coefficient (Wildman–Crippen LogP) is 1.35. The van der Waals surface area contributed by atoms with Gasteiger partial charge in [-0.1, -0.05) is 19.8 Å². The smallest absolute Gasteiger partial charge is 0.372 e. The van der Waals surface area contributed by atoms with Gasteiger partial charge >= 0.3 is 11.9 Å². The molecule has 0 amide bonds. The van der Waals surface area contributed by atoms with E-state index in [1.54, 1.807) is 0 Å². The number of ketones is 1. The molecule has 0 aromatic rings. The Morgan fingerprint density at radius 3 is 0.863 bits per heavy atom. The average molecular weight is 745 g/mol. The molecule has 0 saturated heterocycles. The third-order valence-electron chi connectivity index (χ3n) is 6.27. The second kappa shape index (κ2) is 42.5. The predicted molar refractivity (Wildman–Crippen MR) is 182 cm³/mol. The fourth-order valence-electron chi connectivity index (χ4n) is 3.58. The van der Waals surface area contributed by atoms with Crippen LogP contribution < -0.4 is 0 Å². The van der Waals surface area contributed by atoms with E-state index in [0.717, 1.165) is 13.0 Å². The Hall–Kier alpha value is -1.87. The Labute approximate surface area is 303 Å². The summed E-state index contributed by atoms with van der Waals surface area (Å²) in [6.45, 7) is 13.7. The molecule has 0 saturated carbocycles. The topological polar surface area (TPSA) is 191 Å². The lowest BCUT2D eigenvalue weighted by Crippen LogP contribution is -2.17. The van der Waals surface area contributed by atoms with E-state index in [1.807, 2.05) is 0 Å². The number of Topliss-reactive ketones (excluding diaryl/α,β-unsaturated/α-hetero) is 1. The van der Waals surface area contributed by atoms with Crippen molar-refractivity contribution in [3.8, 4) is 0 Å². The van der Waals surface area contributed by atoms with E-state index in [2.05, 4.69) is 6.92 Å². The summed E-state index contributed by atoms with van der Waals surface area (Å²) in [5.74, 6) is -3.24. The second-order valence-corrected chi connectivity index (χ2v) is 10.5. The van der Waals surface area contributed by atoms with E-state index in [0.29, 0.717) is 145 Å². The molecule has 0 aromatic heterocycles. The maximum absolute atomic E-state index is 11.4. The maximum Gasteiger partial charge on any atom is 0.372 e. The number of rotatable bonds is 44. The molecule has 1 N–H and O–H groups in total. The van der Waals surface area contributed by atoms with E-state index in [9.17, 15) is 14.4 Å². The van der Waals surface area contributed by atoms with E-state index >= 15 is 0 Å². The molecule has 0 rings (SSSR count). The zero-order chi connectivity index (χ0) is 37.1. The number of esters is 1. The molecule has 17 heteroatoms. The van der Waals surface area contributed by atoms with Crippen LogP contribution in [0.1, 0.15) is 39.0 Å². The highest BCUT2D eigenvalue weighted by Crippen LogP contribution is 1.96. The highest BCUT2D eigenvalue weighted by atomic mass is 16.6. The van der Waals surface area contributed by atoms with Crippen molar-refractivity contribution < 1.29 is 81.1 Å². The first-order chi connectivity index (χ1) is 25.1. The Kier molecular flexibility index (Phi) is 41.0. The highest BCUT2D eigenvalue weighted by Gasteiger charge is 2.14. The van der Waals surface area contributed by atoms with Crippen LogP contribution in [0.4, 0.5) is 0 Å². The molecular formula is C34H64O17. The average Bonchev–Trinajstić information content (AvgIpc) is 3.13. The molecule has 0 bridgehead atoms. The first-order valence-corrected chi connectivity index (χ1v) is 17.9. The molecule has 0 radical (unpaired) electrons. The normalized spacial score (nSPS) is 11.3. The Morgan fingerprint density at radius 1 is 0.353 bits per heavy atom. The maximum atomic E-state index is 11.4. The van der Waals surface area contributed by atoms with Gasteiger partial charge in [-0.3, -0.25) is 9.59 Å². The molecule has 17 nitrogen and oxygen atoms in total. The lowest BCUT2D eigenvalue weighted by atomic mass is 10.2. The van der Waals surface area contributed by atoms with Crippen LogP contribution in [-0.2, 0) is 76.0 Å². The lowest BCUT2D eigenvalue weighted by Gasteiger charge is -2.09. The van der Waals surface area contributed by atoms with Gasteiger partial charge in [0, 0.05) is 13.0 Å². The third-order valence-corrected chi connectivity index (χ3v) is 6.27. The van der Waals surface area contributed by atoms with Crippen LogP contribution in [-0.4, -0.2) is 188 Å². The van der Waals surface area contributed by atoms with Crippen LogP contribution in [0.25, 0.3) is 0 Å². The first-order valence-electron chi connectivity index (χ1n) is 17.9. The molecule has 51 heavy (non-hydrogen) atoms. The Morgan fingerprint density at radius 2 is 0.608 bits per heavy atom. The molecular weight excluding hydrogens is 680 g/mol. The largest absolute Gasteiger partial charge is 0.476 e. The fourth-order valence-corrected chi connectivity index (χ4v) is 3.58. The molecule has 0 aliphatic heterocycles. The summed E-state index contributed by atoms with van der Waals surface area (Å²) in [5.41, 5.74) is 0. The standard InChI is InChI=1S/C34H64O17/c1-2-3-4-7-39-8-9-40-10-11-41-12-13-42-14-15-43-16-17-44-18-19-45-20-21-46-22-23-47-24-25-48-26-27-49-28-29-50-30-31-51-33(36)6-5-32(35)34(37)38/h2-31H2,1H3,(H,37,38). The number of ether oxygens (including phenoxy) is 13. The monoisotopic (exact) mass is 744 g/mol. The van der Waals surface area contributed by atoms with Gasteiger partial charge in [-0.15, -0.1) is 0 Å². The summed E-state index contributed by atoms with van der Waals surface area (Å²) in [6, 6.07) is 0. The van der Waals surface area contributed by atoms with Gasteiger partial charge in [-0.2, -0.15) is 0 Å². The summed E-state index contributed by atoms with van der Waals surface area (Å²) in [5, 5.41) is 8.45. The van der Waals surface area contributed by atoms with Crippen molar-refractivity contribution in [2.45, 2.75) is 39.0 Å². The minimum absolute atomic E-state index is 0.0131. The summed E-state index contributed by atoms with van der Waals surface area (Å²) >= 11 is 0. The number of hydrogen-bond donors (Lipinski definition) is 1. The van der Waals surface area contributed by atoms with Gasteiger partial charge in [0.1, 0.15) is 6.61 Å². The molecule has 0 heterocycles. The molecule has 0 unspecified atom stereocenters. The number of carboxylic acids is 1. The summed E-state index contributed by atoms with van der Waals surface area (Å²) in [6.07, 6.45) is 2.85. The van der Waals surface area contributed by atoms with Crippen LogP contribution in [0, 0.1) is 0 Å². The van der Waals surface area contributed by atoms with Gasteiger partial charge in [0.25, 0.3) is 0 Å². The molecule has 0 spiro atoms. The van der Waals surface area contributed by atoms with Crippen molar-refractivity contribution in [2.24, 2.45) is 0 Å². The Balaban J connectivity index is 3.11. The number of carboxylic acid groups (broad SMARTS) is 1. The minimum Gasteiger partial charge on any atom is -0.476 e. The van der Waals surface area contributed by atoms with Gasteiger partial charge < -0.3 is 66.7 Å². The molecule has 302 valence electrons. The summed E-state index contributed by atoms with van der Waals surface area (Å²) < 4.78 is 70.1. The van der Waals surface area contributed by atoms with Crippen molar-refractivity contribution in [1.82, 2.24) is 0 Å². The fraction of sp³-hybridized carbons (Fsp3) is 0.912. The van der Waals surface area contributed by atoms with Crippen molar-refractivity contribution >= 4 is 17.7 Å². The summed E-state index contributed by atoms with van der Waals surface area (Å²) in [4.78, 5) is 32.7. The molecule has 0 atom stereocenters. The zero-order valence-corrected chi connectivity index (χ0v) is 30.7. The van der Waals surface area contributed by atoms with Crippen molar-refractivity contribution in [3.63, 3.8) is 0 Å². The van der Waals surface area contributed by atoms with Crippen LogP contribution in [0.15, 0.2) is 0 Å². The number of hydrogen-bond acceptors (Lipinski definition) is 16. The molecule has 0 aliphatic carbocycles. The molecule has 0 fully saturated rings. The quantitative estimate of drug-likeness (QED) is 0.0534. The molecule has 0 aromatic carbocycles. The van der Waals surface area contributed by atoms with Crippen molar-refractivity contribution in [1.29, 1.82) is 0 Å². The number of carbonyl (C=O) groups excluding carboxylic acids is 2. The van der Waals surface area contributed by atoms with E-state index in [1.165, 1.54) is 12.8 Å². The van der Waals surface area contributed by atoms with Gasteiger partial charge in [-0.25, -0.2) is 4.79 Å².